The number of para-hydroxylation sites is 1. The van der Waals surface area contributed by atoms with Crippen LogP contribution < -0.4 is 4.43 Å². The van der Waals surface area contributed by atoms with E-state index in [2.05, 4.69) is 0 Å². The summed E-state index contributed by atoms with van der Waals surface area (Å²) < 4.78 is 18.7. The van der Waals surface area contributed by atoms with E-state index in [4.69, 9.17) is 16.0 Å². The predicted octanol–water partition coefficient (Wildman–Crippen LogP) is 3.69. The number of hydrogen-bond acceptors (Lipinski definition) is 1. The second kappa shape index (κ2) is 3.68. The van der Waals surface area contributed by atoms with Gasteiger partial charge in [-0.2, -0.15) is 0 Å². The molecule has 72 valence electrons. The van der Waals surface area contributed by atoms with E-state index in [1.807, 2.05) is 19.6 Å². The molecule has 0 aliphatic heterocycles. The maximum absolute atomic E-state index is 13.2. The molecule has 0 bridgehead atoms. The van der Waals surface area contributed by atoms with Gasteiger partial charge in [0.15, 0.2) is 11.6 Å². The first-order valence-corrected chi connectivity index (χ1v) is 7.82. The lowest BCUT2D eigenvalue weighted by molar-refractivity contribution is 0.496. The van der Waals surface area contributed by atoms with E-state index < -0.39 is 14.1 Å². The molecule has 0 aliphatic rings. The molecule has 0 N–H and O–H groups in total. The molecule has 0 spiro atoms. The molecule has 1 nitrogen and oxygen atoms in total. The Morgan fingerprint density at radius 2 is 1.92 bits per heavy atom. The van der Waals surface area contributed by atoms with Crippen molar-refractivity contribution in [3.63, 3.8) is 0 Å². The van der Waals surface area contributed by atoms with Crippen molar-refractivity contribution in [2.24, 2.45) is 0 Å². The molecule has 0 saturated heterocycles. The lowest BCUT2D eigenvalue weighted by Crippen LogP contribution is -2.29. The zero-order valence-electron chi connectivity index (χ0n) is 7.90. The van der Waals surface area contributed by atoms with Gasteiger partial charge in [-0.15, -0.1) is 0 Å². The topological polar surface area (TPSA) is 9.23 Å². The number of hydrogen-bond donors (Lipinski definition) is 0. The number of benzene rings is 1. The molecule has 0 atom stereocenters. The maximum Gasteiger partial charge on any atom is 0.242 e. The van der Waals surface area contributed by atoms with Gasteiger partial charge in [-0.05, 0) is 31.8 Å². The van der Waals surface area contributed by atoms with Crippen LogP contribution in [0, 0.1) is 5.82 Å². The van der Waals surface area contributed by atoms with Crippen LogP contribution in [-0.2, 0) is 0 Å². The summed E-state index contributed by atoms with van der Waals surface area (Å²) in [4.78, 5) is 0. The fraction of sp³-hybridized carbons (Fsp3) is 0.333. The van der Waals surface area contributed by atoms with Crippen LogP contribution in [0.2, 0.25) is 24.7 Å². The fourth-order valence-electron chi connectivity index (χ4n) is 0.886. The van der Waals surface area contributed by atoms with Gasteiger partial charge in [-0.1, -0.05) is 17.7 Å². The molecular weight excluding hydrogens is 207 g/mol. The van der Waals surface area contributed by atoms with Gasteiger partial charge < -0.3 is 4.43 Å². The second-order valence-corrected chi connectivity index (χ2v) is 8.60. The maximum atomic E-state index is 13.2. The SMILES string of the molecule is C[Si](C)(C)Oc1c(F)cccc1Cl. The van der Waals surface area contributed by atoms with Crippen LogP contribution in [0.3, 0.4) is 0 Å². The average molecular weight is 219 g/mol. The normalized spacial score (nSPS) is 11.5. The lowest BCUT2D eigenvalue weighted by atomic mass is 10.3. The number of halogens is 2. The zero-order valence-corrected chi connectivity index (χ0v) is 9.65. The first-order chi connectivity index (χ1) is 5.90. The van der Waals surface area contributed by atoms with E-state index >= 15 is 0 Å². The Morgan fingerprint density at radius 3 is 2.38 bits per heavy atom. The molecule has 0 heterocycles. The smallest absolute Gasteiger partial charge is 0.242 e. The Labute approximate surface area is 83.6 Å². The van der Waals surface area contributed by atoms with Crippen molar-refractivity contribution in [3.8, 4) is 5.75 Å². The van der Waals surface area contributed by atoms with E-state index in [0.29, 0.717) is 5.02 Å². The summed E-state index contributed by atoms with van der Waals surface area (Å²) in [6.45, 7) is 5.95. The minimum Gasteiger partial charge on any atom is -0.541 e. The van der Waals surface area contributed by atoms with Crippen molar-refractivity contribution in [2.45, 2.75) is 19.6 Å². The third-order valence-electron chi connectivity index (χ3n) is 1.33. The Balaban J connectivity index is 3.00. The molecule has 1 aromatic rings. The third-order valence-corrected chi connectivity index (χ3v) is 2.44. The molecule has 0 aliphatic carbocycles. The summed E-state index contributed by atoms with van der Waals surface area (Å²) in [7, 11) is -1.79. The number of rotatable bonds is 2. The van der Waals surface area contributed by atoms with Gasteiger partial charge in [-0.25, -0.2) is 4.39 Å². The zero-order chi connectivity index (χ0) is 10.1. The highest BCUT2D eigenvalue weighted by molar-refractivity contribution is 6.70. The van der Waals surface area contributed by atoms with Gasteiger partial charge in [0.2, 0.25) is 8.32 Å². The van der Waals surface area contributed by atoms with Crippen LogP contribution >= 0.6 is 11.6 Å². The van der Waals surface area contributed by atoms with Crippen molar-refractivity contribution in [1.82, 2.24) is 0 Å². The predicted molar refractivity (Wildman–Crippen MR) is 55.4 cm³/mol. The molecule has 4 heteroatoms. The molecule has 0 amide bonds. The molecule has 0 fully saturated rings. The highest BCUT2D eigenvalue weighted by atomic mass is 35.5. The quantitative estimate of drug-likeness (QED) is 0.688. The molecule has 0 radical (unpaired) electrons. The first-order valence-electron chi connectivity index (χ1n) is 4.03. The minimum atomic E-state index is -1.79. The van der Waals surface area contributed by atoms with Crippen molar-refractivity contribution < 1.29 is 8.82 Å². The summed E-state index contributed by atoms with van der Waals surface area (Å²) in [6.07, 6.45) is 0. The summed E-state index contributed by atoms with van der Waals surface area (Å²) in [6, 6.07) is 4.54. The van der Waals surface area contributed by atoms with Gasteiger partial charge >= 0.3 is 0 Å². The van der Waals surface area contributed by atoms with Crippen molar-refractivity contribution in [2.75, 3.05) is 0 Å². The largest absolute Gasteiger partial charge is 0.541 e. The van der Waals surface area contributed by atoms with Crippen LogP contribution in [0.25, 0.3) is 0 Å². The van der Waals surface area contributed by atoms with Gasteiger partial charge in [0.05, 0.1) is 5.02 Å². The monoisotopic (exact) mass is 218 g/mol. The summed E-state index contributed by atoms with van der Waals surface area (Å²) in [5.41, 5.74) is 0. The lowest BCUT2D eigenvalue weighted by Gasteiger charge is -2.20. The Kier molecular flexibility index (Phi) is 2.98. The van der Waals surface area contributed by atoms with E-state index in [-0.39, 0.29) is 5.75 Å². The highest BCUT2D eigenvalue weighted by Gasteiger charge is 2.20. The Bertz CT molecular complexity index is 289. The highest BCUT2D eigenvalue weighted by Crippen LogP contribution is 2.29. The standard InChI is InChI=1S/C9H12ClFOSi/c1-13(2,3)12-9-7(10)5-4-6-8(9)11/h4-6H,1-3H3. The molecule has 1 rings (SSSR count). The van der Waals surface area contributed by atoms with E-state index in [1.54, 1.807) is 12.1 Å². The summed E-state index contributed by atoms with van der Waals surface area (Å²) in [5.74, 6) is -0.210. The minimum absolute atomic E-state index is 0.184. The van der Waals surface area contributed by atoms with Gasteiger partial charge in [0.1, 0.15) is 0 Å². The Hall–Kier alpha value is -0.543. The van der Waals surface area contributed by atoms with E-state index in [0.717, 1.165) is 0 Å². The summed E-state index contributed by atoms with van der Waals surface area (Å²) in [5, 5.41) is 0.336. The molecule has 13 heavy (non-hydrogen) atoms. The third kappa shape index (κ3) is 3.01. The fourth-order valence-corrected chi connectivity index (χ4v) is 1.97. The van der Waals surface area contributed by atoms with Crippen LogP contribution in [0.5, 0.6) is 5.75 Å². The second-order valence-electron chi connectivity index (χ2n) is 3.77. The molecule has 0 unspecified atom stereocenters. The molecular formula is C9H12ClFOSi. The van der Waals surface area contributed by atoms with Crippen molar-refractivity contribution >= 4 is 19.9 Å². The van der Waals surface area contributed by atoms with Crippen molar-refractivity contribution in [1.29, 1.82) is 0 Å². The van der Waals surface area contributed by atoms with Crippen LogP contribution in [-0.4, -0.2) is 8.32 Å². The average Bonchev–Trinajstić information content (AvgIpc) is 1.95. The van der Waals surface area contributed by atoms with E-state index in [9.17, 15) is 4.39 Å². The molecule has 1 aromatic carbocycles. The van der Waals surface area contributed by atoms with Crippen LogP contribution in [0.4, 0.5) is 4.39 Å². The van der Waals surface area contributed by atoms with Crippen LogP contribution in [0.1, 0.15) is 0 Å². The van der Waals surface area contributed by atoms with Crippen LogP contribution in [0.15, 0.2) is 18.2 Å². The molecule has 0 saturated carbocycles. The summed E-state index contributed by atoms with van der Waals surface area (Å²) >= 11 is 5.79. The molecule has 0 aromatic heterocycles. The van der Waals surface area contributed by atoms with Gasteiger partial charge in [0.25, 0.3) is 0 Å². The Morgan fingerprint density at radius 1 is 1.31 bits per heavy atom. The van der Waals surface area contributed by atoms with E-state index in [1.165, 1.54) is 6.07 Å². The van der Waals surface area contributed by atoms with Crippen molar-refractivity contribution in [3.05, 3.63) is 29.0 Å². The first kappa shape index (κ1) is 10.5. The van der Waals surface area contributed by atoms with Gasteiger partial charge in [0, 0.05) is 0 Å². The van der Waals surface area contributed by atoms with Gasteiger partial charge in [-0.3, -0.25) is 0 Å².